The summed E-state index contributed by atoms with van der Waals surface area (Å²) < 4.78 is 34.1. The molecule has 0 aliphatic carbocycles. The molecule has 0 saturated carbocycles. The van der Waals surface area contributed by atoms with Crippen molar-refractivity contribution in [3.63, 3.8) is 0 Å². The Kier molecular flexibility index (Phi) is 10.7. The molecule has 2 rings (SSSR count). The first-order valence-corrected chi connectivity index (χ1v) is 12.1. The Morgan fingerprint density at radius 3 is 2.40 bits per heavy atom. The minimum atomic E-state index is -1.64. The lowest BCUT2D eigenvalue weighted by Gasteiger charge is -2.48. The van der Waals surface area contributed by atoms with Crippen molar-refractivity contribution >= 4 is 5.91 Å². The summed E-state index contributed by atoms with van der Waals surface area (Å²) >= 11 is 0. The van der Waals surface area contributed by atoms with Gasteiger partial charge in [-0.3, -0.25) is 4.79 Å². The zero-order valence-electron chi connectivity index (χ0n) is 22.4. The van der Waals surface area contributed by atoms with Crippen molar-refractivity contribution in [3.05, 3.63) is 12.2 Å². The first kappa shape index (κ1) is 30.1. The fourth-order valence-corrected chi connectivity index (χ4v) is 4.77. The van der Waals surface area contributed by atoms with E-state index in [1.165, 1.54) is 14.2 Å². The van der Waals surface area contributed by atoms with Gasteiger partial charge in [-0.2, -0.15) is 0 Å². The summed E-state index contributed by atoms with van der Waals surface area (Å²) in [7, 11) is 6.01. The molecule has 2 heterocycles. The predicted octanol–water partition coefficient (Wildman–Crippen LogP) is 1.38. The van der Waals surface area contributed by atoms with Crippen molar-refractivity contribution in [2.75, 3.05) is 35.0 Å². The number of methoxy groups -OCH3 is 4. The van der Waals surface area contributed by atoms with Crippen LogP contribution in [0.5, 0.6) is 0 Å². The molecule has 0 aromatic heterocycles. The van der Waals surface area contributed by atoms with E-state index in [1.807, 2.05) is 27.7 Å². The zero-order valence-corrected chi connectivity index (χ0v) is 22.4. The quantitative estimate of drug-likeness (QED) is 0.283. The summed E-state index contributed by atoms with van der Waals surface area (Å²) in [6, 6.07) is 0. The lowest BCUT2D eigenvalue weighted by Crippen LogP contribution is -2.62. The average molecular weight is 504 g/mol. The first-order valence-electron chi connectivity index (χ1n) is 12.1. The molecule has 2 aliphatic heterocycles. The van der Waals surface area contributed by atoms with Crippen LogP contribution in [0, 0.1) is 11.3 Å². The van der Waals surface area contributed by atoms with Crippen LogP contribution in [-0.2, 0) is 33.2 Å². The van der Waals surface area contributed by atoms with Crippen LogP contribution in [-0.4, -0.2) is 99.8 Å². The summed E-state index contributed by atoms with van der Waals surface area (Å²) in [5.41, 5.74) is 0.264. The maximum atomic E-state index is 13.1. The van der Waals surface area contributed by atoms with Crippen LogP contribution in [0.15, 0.2) is 12.2 Å². The maximum Gasteiger partial charge on any atom is 0.256 e. The van der Waals surface area contributed by atoms with Gasteiger partial charge in [-0.25, -0.2) is 0 Å². The van der Waals surface area contributed by atoms with Crippen LogP contribution in [0.2, 0.25) is 0 Å². The van der Waals surface area contributed by atoms with Gasteiger partial charge in [-0.05, 0) is 6.92 Å². The number of aliphatic hydroxyl groups excluding tert-OH is 2. The fourth-order valence-electron chi connectivity index (χ4n) is 4.77. The molecule has 0 aromatic carbocycles. The standard InChI is InChI=1S/C25H45NO9/c1-14-12-25(33-9,35-16(3)15(14)2)21(28)22(29)26-23(32-8)18-11-19(27)24(4,5)20(34-18)10-17(31-7)13-30-6/h15-21,23,27-28H,1,10-13H2,2-9H3,(H,26,29)/t15-,16-,17+,18+,19-,20-,21-,23-,25-/m1/s1. The first-order chi connectivity index (χ1) is 16.4. The molecule has 204 valence electrons. The number of amides is 1. The second-order valence-corrected chi connectivity index (χ2v) is 10.3. The predicted molar refractivity (Wildman–Crippen MR) is 129 cm³/mol. The third-order valence-corrected chi connectivity index (χ3v) is 7.74. The average Bonchev–Trinajstić information content (AvgIpc) is 2.82. The van der Waals surface area contributed by atoms with Crippen molar-refractivity contribution in [3.8, 4) is 0 Å². The van der Waals surface area contributed by atoms with Gasteiger partial charge in [-0.1, -0.05) is 32.9 Å². The lowest BCUT2D eigenvalue weighted by atomic mass is 9.74. The number of carbonyl (C=O) groups is 1. The molecule has 3 N–H and O–H groups in total. The molecule has 0 radical (unpaired) electrons. The van der Waals surface area contributed by atoms with Crippen molar-refractivity contribution in [1.82, 2.24) is 5.32 Å². The molecule has 2 aliphatic rings. The molecule has 2 fully saturated rings. The molecule has 0 unspecified atom stereocenters. The Hall–Kier alpha value is -1.11. The second kappa shape index (κ2) is 12.4. The number of hydrogen-bond acceptors (Lipinski definition) is 9. The van der Waals surface area contributed by atoms with E-state index in [9.17, 15) is 15.0 Å². The summed E-state index contributed by atoms with van der Waals surface area (Å²) in [5, 5.41) is 24.6. The number of rotatable bonds is 11. The van der Waals surface area contributed by atoms with Gasteiger partial charge in [0.15, 0.2) is 12.3 Å². The Labute approximate surface area is 209 Å². The number of hydrogen-bond donors (Lipinski definition) is 3. The van der Waals surface area contributed by atoms with Gasteiger partial charge in [0.2, 0.25) is 5.79 Å². The minimum Gasteiger partial charge on any atom is -0.392 e. The highest BCUT2D eigenvalue weighted by atomic mass is 16.7. The van der Waals surface area contributed by atoms with Crippen LogP contribution in [0.1, 0.15) is 47.0 Å². The van der Waals surface area contributed by atoms with Crippen molar-refractivity contribution in [2.45, 2.75) is 95.6 Å². The van der Waals surface area contributed by atoms with E-state index in [1.54, 1.807) is 14.2 Å². The van der Waals surface area contributed by atoms with E-state index < -0.39 is 47.8 Å². The summed E-state index contributed by atoms with van der Waals surface area (Å²) in [5.74, 6) is -2.23. The largest absolute Gasteiger partial charge is 0.392 e. The van der Waals surface area contributed by atoms with Crippen LogP contribution >= 0.6 is 0 Å². The smallest absolute Gasteiger partial charge is 0.256 e. The topological polar surface area (TPSA) is 125 Å². The molecule has 0 spiro atoms. The molecule has 2 saturated heterocycles. The highest BCUT2D eigenvalue weighted by Gasteiger charge is 2.51. The molecule has 35 heavy (non-hydrogen) atoms. The van der Waals surface area contributed by atoms with Gasteiger partial charge in [0.1, 0.15) is 6.10 Å². The van der Waals surface area contributed by atoms with E-state index in [-0.39, 0.29) is 31.0 Å². The zero-order chi connectivity index (χ0) is 26.6. The second-order valence-electron chi connectivity index (χ2n) is 10.3. The third kappa shape index (κ3) is 6.61. The molecule has 1 amide bonds. The minimum absolute atomic E-state index is 0.0618. The number of ether oxygens (including phenoxy) is 6. The van der Waals surface area contributed by atoms with E-state index in [2.05, 4.69) is 11.9 Å². The molecular formula is C25H45NO9. The van der Waals surface area contributed by atoms with Gasteiger partial charge in [0.05, 0.1) is 31.0 Å². The molecule has 10 heteroatoms. The highest BCUT2D eigenvalue weighted by molar-refractivity contribution is 5.82. The molecule has 10 nitrogen and oxygen atoms in total. The normalized spacial score (nSPS) is 35.8. The molecule has 0 aromatic rings. The molecular weight excluding hydrogens is 458 g/mol. The molecule has 0 bridgehead atoms. The SMILES string of the molecule is C=C1C[C@](OC)([C@H](O)C(=O)N[C@H](OC)[C@@H]2C[C@@H](O)C(C)(C)[C@@H](C[C@@H](COC)OC)O2)O[C@H](C)[C@@H]1C. The Balaban J connectivity index is 2.16. The van der Waals surface area contributed by atoms with Gasteiger partial charge >= 0.3 is 0 Å². The highest BCUT2D eigenvalue weighted by Crippen LogP contribution is 2.41. The van der Waals surface area contributed by atoms with E-state index in [0.717, 1.165) is 5.57 Å². The maximum absolute atomic E-state index is 13.1. The van der Waals surface area contributed by atoms with Gasteiger partial charge in [0.25, 0.3) is 5.91 Å². The Morgan fingerprint density at radius 2 is 1.89 bits per heavy atom. The van der Waals surface area contributed by atoms with Crippen LogP contribution < -0.4 is 5.32 Å². The van der Waals surface area contributed by atoms with Gasteiger partial charge in [-0.15, -0.1) is 0 Å². The third-order valence-electron chi connectivity index (χ3n) is 7.74. The number of nitrogens with one attached hydrogen (secondary N) is 1. The molecule has 9 atom stereocenters. The summed E-state index contributed by atoms with van der Waals surface area (Å²) in [6.07, 6.45) is -3.97. The van der Waals surface area contributed by atoms with E-state index in [4.69, 9.17) is 28.4 Å². The van der Waals surface area contributed by atoms with Crippen molar-refractivity contribution in [2.24, 2.45) is 11.3 Å². The number of carbonyl (C=O) groups excluding carboxylic acids is 1. The van der Waals surface area contributed by atoms with Crippen LogP contribution in [0.25, 0.3) is 0 Å². The van der Waals surface area contributed by atoms with Crippen molar-refractivity contribution < 1.29 is 43.4 Å². The Morgan fingerprint density at radius 1 is 1.23 bits per heavy atom. The monoisotopic (exact) mass is 503 g/mol. The lowest BCUT2D eigenvalue weighted by molar-refractivity contribution is -0.298. The van der Waals surface area contributed by atoms with E-state index >= 15 is 0 Å². The fraction of sp³-hybridized carbons (Fsp3) is 0.880. The number of aliphatic hydroxyl groups is 2. The van der Waals surface area contributed by atoms with Crippen molar-refractivity contribution in [1.29, 1.82) is 0 Å². The summed E-state index contributed by atoms with van der Waals surface area (Å²) in [6.45, 7) is 12.1. The van der Waals surface area contributed by atoms with E-state index in [0.29, 0.717) is 13.0 Å². The van der Waals surface area contributed by atoms with Gasteiger partial charge < -0.3 is 44.0 Å². The van der Waals surface area contributed by atoms with Crippen LogP contribution in [0.3, 0.4) is 0 Å². The van der Waals surface area contributed by atoms with Gasteiger partial charge in [0, 0.05) is 59.0 Å². The van der Waals surface area contributed by atoms with Crippen LogP contribution in [0.4, 0.5) is 0 Å². The Bertz CT molecular complexity index is 717. The summed E-state index contributed by atoms with van der Waals surface area (Å²) in [4.78, 5) is 13.1.